The molecule has 3 rings (SSSR count). The number of fused-ring (bicyclic) bond motifs is 1. The van der Waals surface area contributed by atoms with Crippen molar-refractivity contribution in [3.05, 3.63) is 53.7 Å². The predicted octanol–water partition coefficient (Wildman–Crippen LogP) is 2.90. The van der Waals surface area contributed by atoms with Crippen LogP contribution in [0.15, 0.2) is 47.4 Å². The van der Waals surface area contributed by atoms with Crippen molar-refractivity contribution in [1.82, 2.24) is 9.19 Å². The molecule has 0 aliphatic rings. The Balaban J connectivity index is 2.23. The summed E-state index contributed by atoms with van der Waals surface area (Å²) < 4.78 is 31.9. The smallest absolute Gasteiger partial charge is 0.283 e. The molecule has 0 saturated carbocycles. The van der Waals surface area contributed by atoms with E-state index in [1.165, 1.54) is 0 Å². The van der Waals surface area contributed by atoms with E-state index in [0.29, 0.717) is 17.0 Å². The van der Waals surface area contributed by atoms with Crippen molar-refractivity contribution in [1.29, 1.82) is 0 Å². The quantitative estimate of drug-likeness (QED) is 0.745. The normalized spacial score (nSPS) is 11.8. The Morgan fingerprint density at radius 1 is 1.05 bits per heavy atom. The van der Waals surface area contributed by atoms with Crippen molar-refractivity contribution >= 4 is 20.9 Å². The van der Waals surface area contributed by atoms with E-state index in [1.54, 1.807) is 56.5 Å². The molecule has 22 heavy (non-hydrogen) atoms. The number of hydrogen-bond acceptors (Lipinski definition) is 4. The van der Waals surface area contributed by atoms with Gasteiger partial charge < -0.3 is 4.74 Å². The van der Waals surface area contributed by atoms with Crippen molar-refractivity contribution in [2.75, 3.05) is 7.11 Å². The molecule has 0 unspecified atom stereocenters. The SMILES string of the molecule is COc1ccc2c(c1)c(C)nn2S(=O)(=O)c1ccc(C)cc1. The predicted molar refractivity (Wildman–Crippen MR) is 84.8 cm³/mol. The molecule has 5 nitrogen and oxygen atoms in total. The second-order valence-corrected chi connectivity index (χ2v) is 6.90. The third-order valence-corrected chi connectivity index (χ3v) is 5.19. The molecule has 114 valence electrons. The van der Waals surface area contributed by atoms with Crippen LogP contribution in [0.2, 0.25) is 0 Å². The number of nitrogens with zero attached hydrogens (tertiary/aromatic N) is 2. The maximum atomic E-state index is 12.8. The highest BCUT2D eigenvalue weighted by molar-refractivity contribution is 7.90. The summed E-state index contributed by atoms with van der Waals surface area (Å²) in [6, 6.07) is 12.0. The Morgan fingerprint density at radius 2 is 1.73 bits per heavy atom. The van der Waals surface area contributed by atoms with E-state index < -0.39 is 10.0 Å². The fourth-order valence-corrected chi connectivity index (χ4v) is 3.66. The fraction of sp³-hybridized carbons (Fsp3) is 0.188. The summed E-state index contributed by atoms with van der Waals surface area (Å²) in [5.74, 6) is 0.669. The number of benzene rings is 2. The third kappa shape index (κ3) is 2.25. The highest BCUT2D eigenvalue weighted by Gasteiger charge is 2.22. The minimum absolute atomic E-state index is 0.221. The van der Waals surface area contributed by atoms with Crippen LogP contribution >= 0.6 is 0 Å². The Kier molecular flexibility index (Phi) is 3.41. The first-order valence-electron chi connectivity index (χ1n) is 6.79. The molecule has 0 radical (unpaired) electrons. The van der Waals surface area contributed by atoms with Crippen molar-refractivity contribution < 1.29 is 13.2 Å². The summed E-state index contributed by atoms with van der Waals surface area (Å²) in [6.45, 7) is 3.69. The van der Waals surface area contributed by atoms with Gasteiger partial charge in [0.15, 0.2) is 0 Å². The minimum atomic E-state index is -3.72. The Hall–Kier alpha value is -2.34. The van der Waals surface area contributed by atoms with Gasteiger partial charge in [-0.15, -0.1) is 0 Å². The van der Waals surface area contributed by atoms with Crippen LogP contribution < -0.4 is 4.74 Å². The molecular weight excluding hydrogens is 300 g/mol. The largest absolute Gasteiger partial charge is 0.497 e. The molecule has 3 aromatic rings. The van der Waals surface area contributed by atoms with Gasteiger partial charge in [0.1, 0.15) is 5.75 Å². The number of ether oxygens (including phenoxy) is 1. The first kappa shape index (κ1) is 14.6. The van der Waals surface area contributed by atoms with Gasteiger partial charge in [-0.3, -0.25) is 0 Å². The molecular formula is C16H16N2O3S. The van der Waals surface area contributed by atoms with Gasteiger partial charge >= 0.3 is 0 Å². The first-order chi connectivity index (χ1) is 10.4. The van der Waals surface area contributed by atoms with E-state index in [2.05, 4.69) is 5.10 Å². The Morgan fingerprint density at radius 3 is 2.36 bits per heavy atom. The third-order valence-electron chi connectivity index (χ3n) is 3.59. The van der Waals surface area contributed by atoms with Gasteiger partial charge in [0.25, 0.3) is 10.0 Å². The van der Waals surface area contributed by atoms with E-state index in [1.807, 2.05) is 6.92 Å². The number of aryl methyl sites for hydroxylation is 2. The molecule has 0 amide bonds. The van der Waals surface area contributed by atoms with Crippen LogP contribution in [0.5, 0.6) is 5.75 Å². The lowest BCUT2D eigenvalue weighted by Gasteiger charge is -2.06. The molecule has 0 atom stereocenters. The summed E-state index contributed by atoms with van der Waals surface area (Å²) in [5.41, 5.74) is 2.19. The van der Waals surface area contributed by atoms with Gasteiger partial charge in [-0.1, -0.05) is 17.7 Å². The molecule has 1 aromatic heterocycles. The fourth-order valence-electron chi connectivity index (χ4n) is 2.34. The second kappa shape index (κ2) is 5.14. The summed E-state index contributed by atoms with van der Waals surface area (Å²) in [7, 11) is -2.14. The Labute approximate surface area is 129 Å². The van der Waals surface area contributed by atoms with Crippen molar-refractivity contribution in [3.63, 3.8) is 0 Å². The summed E-state index contributed by atoms with van der Waals surface area (Å²) in [4.78, 5) is 0.221. The van der Waals surface area contributed by atoms with Crippen molar-refractivity contribution in [3.8, 4) is 5.75 Å². The van der Waals surface area contributed by atoms with Crippen LogP contribution in [0, 0.1) is 13.8 Å². The number of hydrogen-bond donors (Lipinski definition) is 0. The summed E-state index contributed by atoms with van der Waals surface area (Å²) >= 11 is 0. The monoisotopic (exact) mass is 316 g/mol. The van der Waals surface area contributed by atoms with E-state index in [-0.39, 0.29) is 4.90 Å². The van der Waals surface area contributed by atoms with E-state index in [9.17, 15) is 8.42 Å². The van der Waals surface area contributed by atoms with Gasteiger partial charge in [0.05, 0.1) is 23.2 Å². The molecule has 0 aliphatic heterocycles. The van der Waals surface area contributed by atoms with Gasteiger partial charge in [0, 0.05) is 5.39 Å². The van der Waals surface area contributed by atoms with Crippen molar-refractivity contribution in [2.24, 2.45) is 0 Å². The van der Waals surface area contributed by atoms with Crippen LogP contribution in [-0.4, -0.2) is 24.7 Å². The molecule has 1 heterocycles. The number of rotatable bonds is 3. The topological polar surface area (TPSA) is 61.2 Å². The Bertz CT molecular complexity index is 941. The maximum absolute atomic E-state index is 12.8. The number of methoxy groups -OCH3 is 1. The molecule has 0 bridgehead atoms. The highest BCUT2D eigenvalue weighted by Crippen LogP contribution is 2.26. The van der Waals surface area contributed by atoms with Crippen LogP contribution in [-0.2, 0) is 10.0 Å². The molecule has 6 heteroatoms. The average molecular weight is 316 g/mol. The molecule has 0 spiro atoms. The van der Waals surface area contributed by atoms with E-state index in [4.69, 9.17) is 4.74 Å². The second-order valence-electron chi connectivity index (χ2n) is 5.13. The lowest BCUT2D eigenvalue weighted by molar-refractivity contribution is 0.415. The molecule has 2 aromatic carbocycles. The van der Waals surface area contributed by atoms with Crippen LogP contribution in [0.1, 0.15) is 11.3 Å². The van der Waals surface area contributed by atoms with Crippen molar-refractivity contribution in [2.45, 2.75) is 18.7 Å². The lowest BCUT2D eigenvalue weighted by Crippen LogP contribution is -2.14. The van der Waals surface area contributed by atoms with E-state index in [0.717, 1.165) is 15.0 Å². The maximum Gasteiger partial charge on any atom is 0.283 e. The highest BCUT2D eigenvalue weighted by atomic mass is 32.2. The van der Waals surface area contributed by atoms with Gasteiger partial charge in [-0.05, 0) is 44.2 Å². The van der Waals surface area contributed by atoms with Crippen LogP contribution in [0.3, 0.4) is 0 Å². The minimum Gasteiger partial charge on any atom is -0.497 e. The van der Waals surface area contributed by atoms with Crippen LogP contribution in [0.4, 0.5) is 0 Å². The van der Waals surface area contributed by atoms with Gasteiger partial charge in [-0.2, -0.15) is 17.6 Å². The molecule has 0 aliphatic carbocycles. The zero-order chi connectivity index (χ0) is 15.9. The molecule has 0 saturated heterocycles. The zero-order valence-corrected chi connectivity index (χ0v) is 13.4. The zero-order valence-electron chi connectivity index (χ0n) is 12.6. The molecule has 0 fully saturated rings. The van der Waals surface area contributed by atoms with Gasteiger partial charge in [0.2, 0.25) is 0 Å². The molecule has 0 N–H and O–H groups in total. The lowest BCUT2D eigenvalue weighted by atomic mass is 10.2. The first-order valence-corrected chi connectivity index (χ1v) is 8.23. The summed E-state index contributed by atoms with van der Waals surface area (Å²) in [5, 5.41) is 4.97. The average Bonchev–Trinajstić information content (AvgIpc) is 2.85. The summed E-state index contributed by atoms with van der Waals surface area (Å²) in [6.07, 6.45) is 0. The van der Waals surface area contributed by atoms with Gasteiger partial charge in [-0.25, -0.2) is 0 Å². The standard InChI is InChI=1S/C16H16N2O3S/c1-11-4-7-14(8-5-11)22(19,20)18-16-9-6-13(21-3)10-15(16)12(2)17-18/h4-10H,1-3H3. The van der Waals surface area contributed by atoms with Crippen LogP contribution in [0.25, 0.3) is 10.9 Å². The van der Waals surface area contributed by atoms with E-state index >= 15 is 0 Å². The number of aromatic nitrogens is 2.